The molecule has 8 heteroatoms. The lowest BCUT2D eigenvalue weighted by molar-refractivity contribution is 0.669. The first-order chi connectivity index (χ1) is 29.5. The van der Waals surface area contributed by atoms with Crippen LogP contribution in [0, 0.1) is 51.2 Å². The summed E-state index contributed by atoms with van der Waals surface area (Å²) in [6.45, 7) is 0. The molecule has 1 aliphatic rings. The number of nitrogens with zero attached hydrogens (tertiary/aromatic N) is 6. The van der Waals surface area contributed by atoms with Crippen molar-refractivity contribution in [2.75, 3.05) is 0 Å². The van der Waals surface area contributed by atoms with Gasteiger partial charge < -0.3 is 18.0 Å². The van der Waals surface area contributed by atoms with Gasteiger partial charge in [-0.2, -0.15) is 21.0 Å². The molecule has 12 rings (SSSR count). The lowest BCUT2D eigenvalue weighted by Gasteiger charge is -2.18. The van der Waals surface area contributed by atoms with Crippen molar-refractivity contribution in [3.63, 3.8) is 0 Å². The second-order valence-electron chi connectivity index (χ2n) is 15.3. The van der Waals surface area contributed by atoms with E-state index in [1.165, 1.54) is 0 Å². The summed E-state index contributed by atoms with van der Waals surface area (Å²) in [6, 6.07) is 51.9. The van der Waals surface area contributed by atoms with Gasteiger partial charge in [0.05, 0.1) is 51.3 Å². The first-order valence-corrected chi connectivity index (χ1v) is 19.5. The van der Waals surface area contributed by atoms with E-state index >= 15 is 0 Å². The molecule has 0 bridgehead atoms. The number of fused-ring (bicyclic) bond motifs is 12. The summed E-state index contributed by atoms with van der Waals surface area (Å²) in [6.07, 6.45) is 4.13. The molecule has 1 unspecified atom stereocenters. The molecule has 276 valence electrons. The van der Waals surface area contributed by atoms with Crippen LogP contribution in [0.5, 0.6) is 0 Å². The molecule has 8 nitrogen and oxygen atoms in total. The number of allylic oxidation sites excluding steroid dienone is 4. The Morgan fingerprint density at radius 1 is 0.450 bits per heavy atom. The largest absolute Gasteiger partial charge is 0.456 e. The van der Waals surface area contributed by atoms with E-state index in [1.807, 2.05) is 48.5 Å². The third kappa shape index (κ3) is 4.62. The van der Waals surface area contributed by atoms with Crippen LogP contribution >= 0.6 is 0 Å². The van der Waals surface area contributed by atoms with Gasteiger partial charge in [-0.05, 0) is 90.0 Å². The van der Waals surface area contributed by atoms with Crippen molar-refractivity contribution >= 4 is 93.2 Å². The molecule has 0 N–H and O–H groups in total. The predicted octanol–water partition coefficient (Wildman–Crippen LogP) is 12.9. The van der Waals surface area contributed by atoms with Crippen molar-refractivity contribution in [1.29, 1.82) is 21.0 Å². The van der Waals surface area contributed by atoms with Gasteiger partial charge >= 0.3 is 0 Å². The standard InChI is InChI=1S/C52H26N6O2/c53-25-31-9-13-35(17-33(31)27-55)57-45-15-11-29(19-39(45)41-21-43-37-5-1-3-7-49(37)59-51(43)23-47(41)57)30-12-16-46-40(20-30)42-22-44-38-6-2-4-8-50(38)60-52(44)24-48(42)58(46)36-14-10-32(26-54)34(18-36)28-56/h1-17,19-24,34H,18H2. The zero-order valence-corrected chi connectivity index (χ0v) is 31.6. The number of rotatable bonds is 3. The first-order valence-electron chi connectivity index (χ1n) is 19.5. The van der Waals surface area contributed by atoms with Gasteiger partial charge in [-0.3, -0.25) is 0 Å². The minimum Gasteiger partial charge on any atom is -0.456 e. The van der Waals surface area contributed by atoms with E-state index in [9.17, 15) is 21.0 Å². The van der Waals surface area contributed by atoms with Crippen molar-refractivity contribution < 1.29 is 8.83 Å². The second kappa shape index (κ2) is 12.3. The molecule has 11 aromatic rings. The Hall–Kier alpha value is -8.82. The summed E-state index contributed by atoms with van der Waals surface area (Å²) in [5.74, 6) is -0.539. The number of benzene rings is 7. The fourth-order valence-corrected chi connectivity index (χ4v) is 9.37. The van der Waals surface area contributed by atoms with E-state index in [1.54, 1.807) is 18.2 Å². The van der Waals surface area contributed by atoms with Crippen LogP contribution in [0.15, 0.2) is 154 Å². The fourth-order valence-electron chi connectivity index (χ4n) is 9.37. The van der Waals surface area contributed by atoms with Gasteiger partial charge in [0.2, 0.25) is 0 Å². The SMILES string of the molecule is N#CC1=CC=C(n2c3ccc(-c4ccc5c(c4)c4cc6c(cc4n5-c4ccc(C#N)c(C#N)c4)oc4ccccc46)cc3c3cc4c(cc32)oc2ccccc24)CC1C#N. The van der Waals surface area contributed by atoms with Crippen LogP contribution in [0.25, 0.3) is 110 Å². The molecule has 1 atom stereocenters. The van der Waals surface area contributed by atoms with Gasteiger partial charge in [-0.25, -0.2) is 0 Å². The van der Waals surface area contributed by atoms with E-state index in [-0.39, 0.29) is 0 Å². The Morgan fingerprint density at radius 2 is 1.02 bits per heavy atom. The minimum atomic E-state index is -0.539. The van der Waals surface area contributed by atoms with E-state index < -0.39 is 5.92 Å². The molecule has 7 aromatic carbocycles. The van der Waals surface area contributed by atoms with Gasteiger partial charge in [0.15, 0.2) is 0 Å². The number of para-hydroxylation sites is 2. The molecule has 4 heterocycles. The molecule has 0 amide bonds. The number of hydrogen-bond acceptors (Lipinski definition) is 6. The first kappa shape index (κ1) is 33.3. The highest BCUT2D eigenvalue weighted by atomic mass is 16.3. The molecule has 0 saturated carbocycles. The van der Waals surface area contributed by atoms with Crippen LogP contribution in [0.4, 0.5) is 0 Å². The number of hydrogen-bond donors (Lipinski definition) is 0. The monoisotopic (exact) mass is 766 g/mol. The Morgan fingerprint density at radius 3 is 1.60 bits per heavy atom. The predicted molar refractivity (Wildman–Crippen MR) is 235 cm³/mol. The Kier molecular flexibility index (Phi) is 6.85. The highest BCUT2D eigenvalue weighted by molar-refractivity contribution is 6.20. The maximum absolute atomic E-state index is 10.0. The molecule has 4 aromatic heterocycles. The molecular weight excluding hydrogens is 741 g/mol. The van der Waals surface area contributed by atoms with Crippen molar-refractivity contribution in [3.05, 3.63) is 156 Å². The van der Waals surface area contributed by atoms with E-state index in [4.69, 9.17) is 8.83 Å². The Bertz CT molecular complexity index is 3990. The molecule has 0 saturated heterocycles. The topological polar surface area (TPSA) is 131 Å². The molecule has 1 aliphatic carbocycles. The quantitative estimate of drug-likeness (QED) is 0.176. The summed E-state index contributed by atoms with van der Waals surface area (Å²) in [4.78, 5) is 0. The van der Waals surface area contributed by atoms with Crippen molar-refractivity contribution in [1.82, 2.24) is 9.13 Å². The summed E-state index contributed by atoms with van der Waals surface area (Å²) in [7, 11) is 0. The van der Waals surface area contributed by atoms with Crippen LogP contribution in [-0.4, -0.2) is 9.13 Å². The lowest BCUT2D eigenvalue weighted by Crippen LogP contribution is -2.09. The highest BCUT2D eigenvalue weighted by Gasteiger charge is 2.25. The molecule has 0 spiro atoms. The van der Waals surface area contributed by atoms with Crippen molar-refractivity contribution in [2.45, 2.75) is 6.42 Å². The highest BCUT2D eigenvalue weighted by Crippen LogP contribution is 2.44. The van der Waals surface area contributed by atoms with Gasteiger partial charge in [-0.1, -0.05) is 48.5 Å². The zero-order valence-electron chi connectivity index (χ0n) is 31.6. The summed E-state index contributed by atoms with van der Waals surface area (Å²) in [5, 5.41) is 47.7. The van der Waals surface area contributed by atoms with E-state index in [0.717, 1.165) is 110 Å². The third-order valence-electron chi connectivity index (χ3n) is 12.2. The van der Waals surface area contributed by atoms with Crippen LogP contribution < -0.4 is 0 Å². The summed E-state index contributed by atoms with van der Waals surface area (Å²) >= 11 is 0. The second-order valence-corrected chi connectivity index (χ2v) is 15.3. The average Bonchev–Trinajstić information content (AvgIpc) is 4.03. The van der Waals surface area contributed by atoms with Crippen LogP contribution in [0.1, 0.15) is 17.5 Å². The normalized spacial score (nSPS) is 14.2. The lowest BCUT2D eigenvalue weighted by atomic mass is 9.91. The fraction of sp³-hybridized carbons (Fsp3) is 0.0385. The molecular formula is C52H26N6O2. The van der Waals surface area contributed by atoms with Gasteiger partial charge in [0, 0.05) is 78.6 Å². The van der Waals surface area contributed by atoms with Crippen LogP contribution in [-0.2, 0) is 0 Å². The molecule has 0 fully saturated rings. The molecule has 60 heavy (non-hydrogen) atoms. The van der Waals surface area contributed by atoms with Gasteiger partial charge in [-0.15, -0.1) is 0 Å². The number of nitriles is 4. The molecule has 0 aliphatic heterocycles. The zero-order chi connectivity index (χ0) is 40.2. The van der Waals surface area contributed by atoms with Gasteiger partial charge in [0.25, 0.3) is 0 Å². The smallest absolute Gasteiger partial charge is 0.137 e. The number of aromatic nitrogens is 2. The molecule has 0 radical (unpaired) electrons. The number of furan rings is 2. The minimum absolute atomic E-state index is 0.313. The van der Waals surface area contributed by atoms with Crippen LogP contribution in [0.3, 0.4) is 0 Å². The van der Waals surface area contributed by atoms with Crippen molar-refractivity contribution in [2.24, 2.45) is 5.92 Å². The summed E-state index contributed by atoms with van der Waals surface area (Å²) < 4.78 is 17.1. The maximum Gasteiger partial charge on any atom is 0.137 e. The van der Waals surface area contributed by atoms with E-state index in [0.29, 0.717) is 23.1 Å². The Labute approximate surface area is 340 Å². The third-order valence-corrected chi connectivity index (χ3v) is 12.2. The van der Waals surface area contributed by atoms with E-state index in [2.05, 4.69) is 106 Å². The van der Waals surface area contributed by atoms with Crippen LogP contribution in [0.2, 0.25) is 0 Å². The van der Waals surface area contributed by atoms with Crippen molar-refractivity contribution in [3.8, 4) is 41.1 Å². The summed E-state index contributed by atoms with van der Waals surface area (Å²) in [5.41, 5.74) is 11.8. The maximum atomic E-state index is 10.0. The Balaban J connectivity index is 1.11. The average molecular weight is 767 g/mol. The van der Waals surface area contributed by atoms with Gasteiger partial charge in [0.1, 0.15) is 34.5 Å².